The number of allylic oxidation sites excluding steroid dienone is 3. The summed E-state index contributed by atoms with van der Waals surface area (Å²) in [7, 11) is 0. The van der Waals surface area contributed by atoms with Gasteiger partial charge in [-0.25, -0.2) is 0 Å². The molecule has 2 aliphatic heterocycles. The smallest absolute Gasteiger partial charge is 0.0667 e. The molecule has 2 nitrogen and oxygen atoms in total. The summed E-state index contributed by atoms with van der Waals surface area (Å²) in [5, 5.41) is 8.98. The van der Waals surface area contributed by atoms with Crippen molar-refractivity contribution in [3.63, 3.8) is 0 Å². The largest absolute Gasteiger partial charge is 0.358 e. The first-order chi connectivity index (χ1) is 15.4. The molecule has 0 saturated carbocycles. The van der Waals surface area contributed by atoms with Gasteiger partial charge >= 0.3 is 0 Å². The molecule has 0 radical (unpaired) electrons. The number of hydrogen-bond acceptors (Lipinski definition) is 2. The zero-order chi connectivity index (χ0) is 22.1. The summed E-state index contributed by atoms with van der Waals surface area (Å²) >= 11 is 0. The van der Waals surface area contributed by atoms with Gasteiger partial charge in [-0.1, -0.05) is 74.5 Å². The van der Waals surface area contributed by atoms with Crippen molar-refractivity contribution in [2.75, 3.05) is 10.2 Å². The van der Waals surface area contributed by atoms with Crippen LogP contribution in [0.5, 0.6) is 0 Å². The van der Waals surface area contributed by atoms with Gasteiger partial charge in [-0.05, 0) is 65.2 Å². The molecule has 2 heterocycles. The van der Waals surface area contributed by atoms with Crippen molar-refractivity contribution >= 4 is 32.9 Å². The molecule has 1 N–H and O–H groups in total. The van der Waals surface area contributed by atoms with Crippen LogP contribution in [0, 0.1) is 0 Å². The molecule has 0 atom stereocenters. The van der Waals surface area contributed by atoms with Crippen molar-refractivity contribution in [3.05, 3.63) is 108 Å². The van der Waals surface area contributed by atoms with Crippen LogP contribution < -0.4 is 10.2 Å². The van der Waals surface area contributed by atoms with Crippen molar-refractivity contribution < 1.29 is 0 Å². The molecule has 4 aromatic rings. The molecule has 2 heteroatoms. The standard InChI is InChI=1S/C30H28N2/c1-29(2)26(31-24-17-15-20-10-5-7-12-22(20)27(24)29)14-9-19-32-25-18-16-21-11-6-8-13-23(21)28(25)30(32,3)4/h5-19,31H,1-4H3/b19-9+,26-14+. The lowest BCUT2D eigenvalue weighted by Gasteiger charge is -2.50. The number of nitrogens with one attached hydrogen (secondary N) is 1. The molecule has 0 aromatic heterocycles. The number of hydrogen-bond donors (Lipinski definition) is 1. The Bertz CT molecular complexity index is 1450. The van der Waals surface area contributed by atoms with Gasteiger partial charge in [-0.2, -0.15) is 0 Å². The Kier molecular flexibility index (Phi) is 3.89. The second-order valence-corrected chi connectivity index (χ2v) is 9.99. The highest BCUT2D eigenvalue weighted by Crippen LogP contribution is 2.51. The van der Waals surface area contributed by atoms with Crippen LogP contribution in [0.2, 0.25) is 0 Å². The quantitative estimate of drug-likeness (QED) is 0.358. The molecule has 158 valence electrons. The second kappa shape index (κ2) is 6.49. The van der Waals surface area contributed by atoms with E-state index in [9.17, 15) is 0 Å². The summed E-state index contributed by atoms with van der Waals surface area (Å²) in [6, 6.07) is 26.3. The lowest BCUT2D eigenvalue weighted by Crippen LogP contribution is -2.47. The summed E-state index contributed by atoms with van der Waals surface area (Å²) in [5.41, 5.74) is 6.48. The lowest BCUT2D eigenvalue weighted by atomic mass is 9.78. The van der Waals surface area contributed by atoms with Gasteiger partial charge in [0.2, 0.25) is 0 Å². The van der Waals surface area contributed by atoms with E-state index in [1.807, 2.05) is 0 Å². The van der Waals surface area contributed by atoms with Crippen LogP contribution in [-0.4, -0.2) is 0 Å². The minimum absolute atomic E-state index is 0.0248. The summed E-state index contributed by atoms with van der Waals surface area (Å²) in [6.45, 7) is 9.23. The van der Waals surface area contributed by atoms with Crippen molar-refractivity contribution in [1.82, 2.24) is 0 Å². The highest BCUT2D eigenvalue weighted by Gasteiger charge is 2.42. The van der Waals surface area contributed by atoms with Crippen LogP contribution in [0.1, 0.15) is 38.8 Å². The summed E-state index contributed by atoms with van der Waals surface area (Å²) in [5.74, 6) is 0. The first-order valence-corrected chi connectivity index (χ1v) is 11.4. The Hall–Kier alpha value is -3.52. The molecule has 0 spiro atoms. The average Bonchev–Trinajstić information content (AvgIpc) is 3.05. The molecule has 0 fully saturated rings. The minimum atomic E-state index is -0.0703. The number of nitrogens with zero attached hydrogens (tertiary/aromatic N) is 1. The van der Waals surface area contributed by atoms with Gasteiger partial charge in [0.1, 0.15) is 0 Å². The van der Waals surface area contributed by atoms with E-state index in [1.54, 1.807) is 0 Å². The second-order valence-electron chi connectivity index (χ2n) is 9.99. The average molecular weight is 417 g/mol. The van der Waals surface area contributed by atoms with Crippen LogP contribution in [0.3, 0.4) is 0 Å². The third-order valence-corrected chi connectivity index (χ3v) is 7.38. The van der Waals surface area contributed by atoms with Crippen molar-refractivity contribution in [2.24, 2.45) is 0 Å². The predicted octanol–water partition coefficient (Wildman–Crippen LogP) is 7.85. The molecule has 6 rings (SSSR count). The third-order valence-electron chi connectivity index (χ3n) is 7.38. The minimum Gasteiger partial charge on any atom is -0.358 e. The summed E-state index contributed by atoms with van der Waals surface area (Å²) < 4.78 is 0. The number of benzene rings is 4. The third kappa shape index (κ3) is 2.53. The maximum absolute atomic E-state index is 3.68. The number of fused-ring (bicyclic) bond motifs is 6. The van der Waals surface area contributed by atoms with Gasteiger partial charge in [0.25, 0.3) is 0 Å². The molecule has 0 unspecified atom stereocenters. The summed E-state index contributed by atoms with van der Waals surface area (Å²) in [6.07, 6.45) is 6.66. The highest BCUT2D eigenvalue weighted by atomic mass is 15.2. The van der Waals surface area contributed by atoms with Crippen LogP contribution >= 0.6 is 0 Å². The highest BCUT2D eigenvalue weighted by molar-refractivity contribution is 5.96. The van der Waals surface area contributed by atoms with Gasteiger partial charge in [-0.15, -0.1) is 0 Å². The molecule has 0 bridgehead atoms. The van der Waals surface area contributed by atoms with Gasteiger partial charge in [0.15, 0.2) is 0 Å². The van der Waals surface area contributed by atoms with E-state index in [0.29, 0.717) is 0 Å². The normalized spacial score (nSPS) is 19.2. The Morgan fingerprint density at radius 2 is 1.34 bits per heavy atom. The van der Waals surface area contributed by atoms with E-state index >= 15 is 0 Å². The monoisotopic (exact) mass is 416 g/mol. The van der Waals surface area contributed by atoms with E-state index in [1.165, 1.54) is 49.7 Å². The fraction of sp³-hybridized carbons (Fsp3) is 0.200. The predicted molar refractivity (Wildman–Crippen MR) is 137 cm³/mol. The van der Waals surface area contributed by atoms with Gasteiger partial charge in [0, 0.05) is 34.3 Å². The fourth-order valence-corrected chi connectivity index (χ4v) is 5.70. The Balaban J connectivity index is 1.35. The molecule has 0 aliphatic carbocycles. The van der Waals surface area contributed by atoms with Crippen molar-refractivity contribution in [1.29, 1.82) is 0 Å². The first-order valence-electron chi connectivity index (χ1n) is 11.4. The molecule has 4 aromatic carbocycles. The zero-order valence-electron chi connectivity index (χ0n) is 19.1. The van der Waals surface area contributed by atoms with E-state index in [0.717, 1.165) is 0 Å². The van der Waals surface area contributed by atoms with Crippen LogP contribution in [0.15, 0.2) is 96.8 Å². The SMILES string of the molecule is CC1(C)/C(=C\C=C\N2c3ccc4ccccc4c3C2(C)C)Nc2ccc3ccccc3c21. The zero-order valence-corrected chi connectivity index (χ0v) is 19.1. The molecule has 0 saturated heterocycles. The van der Waals surface area contributed by atoms with Gasteiger partial charge < -0.3 is 10.2 Å². The summed E-state index contributed by atoms with van der Waals surface area (Å²) in [4.78, 5) is 2.39. The number of rotatable bonds is 2. The van der Waals surface area contributed by atoms with E-state index in [-0.39, 0.29) is 11.0 Å². The first kappa shape index (κ1) is 19.2. The van der Waals surface area contributed by atoms with Gasteiger partial charge in [-0.3, -0.25) is 0 Å². The topological polar surface area (TPSA) is 15.3 Å². The Morgan fingerprint density at radius 3 is 2.06 bits per heavy atom. The van der Waals surface area contributed by atoms with Crippen LogP contribution in [0.25, 0.3) is 21.5 Å². The Morgan fingerprint density at radius 1 is 0.719 bits per heavy atom. The van der Waals surface area contributed by atoms with Crippen molar-refractivity contribution in [3.8, 4) is 0 Å². The maximum Gasteiger partial charge on any atom is 0.0667 e. The van der Waals surface area contributed by atoms with E-state index < -0.39 is 0 Å². The fourth-order valence-electron chi connectivity index (χ4n) is 5.70. The molecular weight excluding hydrogens is 388 g/mol. The Labute approximate surface area is 189 Å². The molecule has 2 aliphatic rings. The van der Waals surface area contributed by atoms with Crippen LogP contribution in [0.4, 0.5) is 11.4 Å². The van der Waals surface area contributed by atoms with Gasteiger partial charge in [0.05, 0.1) is 5.54 Å². The van der Waals surface area contributed by atoms with E-state index in [2.05, 4.69) is 129 Å². The van der Waals surface area contributed by atoms with E-state index in [4.69, 9.17) is 0 Å². The number of anilines is 2. The van der Waals surface area contributed by atoms with Crippen molar-refractivity contribution in [2.45, 2.75) is 38.6 Å². The lowest BCUT2D eigenvalue weighted by molar-refractivity contribution is 0.485. The molecule has 32 heavy (non-hydrogen) atoms. The maximum atomic E-state index is 3.68. The molecular formula is C30H28N2. The molecule has 0 amide bonds. The van der Waals surface area contributed by atoms with Crippen LogP contribution in [-0.2, 0) is 11.0 Å².